The van der Waals surface area contributed by atoms with Crippen LogP contribution in [0.4, 0.5) is 4.79 Å². The molecule has 4 fully saturated rings. The first-order valence-corrected chi connectivity index (χ1v) is 24.3. The molecule has 1 aliphatic carbocycles. The lowest BCUT2D eigenvalue weighted by Gasteiger charge is -2.39. The third kappa shape index (κ3) is 11.1. The number of fused-ring (bicyclic) bond motifs is 2. The van der Waals surface area contributed by atoms with Crippen molar-refractivity contribution in [3.8, 4) is 0 Å². The Kier molecular flexibility index (Phi) is 15.1. The monoisotopic (exact) mass is 959 g/mol. The van der Waals surface area contributed by atoms with Crippen molar-refractivity contribution in [2.24, 2.45) is 24.6 Å². The summed E-state index contributed by atoms with van der Waals surface area (Å²) >= 11 is 0. The second-order valence-electron chi connectivity index (χ2n) is 19.2. The van der Waals surface area contributed by atoms with E-state index in [-0.39, 0.29) is 75.0 Å². The summed E-state index contributed by atoms with van der Waals surface area (Å²) in [7, 11) is 1.67. The largest absolute Gasteiger partial charge is 0.465 e. The van der Waals surface area contributed by atoms with Gasteiger partial charge in [-0.15, -0.1) is 0 Å². The van der Waals surface area contributed by atoms with Crippen molar-refractivity contribution in [2.45, 2.75) is 120 Å². The maximum absolute atomic E-state index is 14.4. The summed E-state index contributed by atoms with van der Waals surface area (Å²) in [5.41, 5.74) is 9.14. The quantitative estimate of drug-likeness (QED) is 0.0950. The van der Waals surface area contributed by atoms with Gasteiger partial charge < -0.3 is 36.6 Å². The summed E-state index contributed by atoms with van der Waals surface area (Å²) in [5, 5.41) is 20.3. The average Bonchev–Trinajstić information content (AvgIpc) is 3.87. The second kappa shape index (κ2) is 21.5. The number of piperidine rings is 1. The number of rotatable bonds is 15. The van der Waals surface area contributed by atoms with Gasteiger partial charge in [-0.25, -0.2) is 9.59 Å². The van der Waals surface area contributed by atoms with E-state index in [4.69, 9.17) is 5.73 Å². The molecule has 4 aliphatic rings. The zero-order chi connectivity index (χ0) is 49.6. The molecule has 1 unspecified atom stereocenters. The molecule has 4 heterocycles. The normalized spacial score (nSPS) is 23.2. The molecule has 1 aromatic heterocycles. The first-order valence-electron chi connectivity index (χ1n) is 24.3. The molecule has 1 saturated carbocycles. The fraction of sp³-hybridized carbons (Fsp3) is 0.471. The van der Waals surface area contributed by atoms with Crippen LogP contribution in [0, 0.1) is 11.8 Å². The van der Waals surface area contributed by atoms with Gasteiger partial charge in [0.1, 0.15) is 24.2 Å². The summed E-state index contributed by atoms with van der Waals surface area (Å²) in [5.74, 6) is -3.04. The van der Waals surface area contributed by atoms with Crippen molar-refractivity contribution in [3.63, 3.8) is 0 Å². The Morgan fingerprint density at radius 1 is 0.800 bits per heavy atom. The van der Waals surface area contributed by atoms with Gasteiger partial charge in [-0.3, -0.25) is 48.0 Å². The van der Waals surface area contributed by atoms with Crippen LogP contribution in [0.1, 0.15) is 106 Å². The SMILES string of the molecule is Cn1c(=O)n(C2CCC(=O)NC2=O)c2ccc(CC3CCC(CC(=O)N4CC[C@H]5CC[C@@H](C(=O)N[C@@H](CCC(N)=O)C(=O)NC(c6ccccc6)c6ccccc6)N5C(=O)[C@@H](NC(=O)O)C4)CC3)cc21. The van der Waals surface area contributed by atoms with E-state index in [2.05, 4.69) is 21.3 Å². The molecule has 8 amide bonds. The van der Waals surface area contributed by atoms with E-state index in [9.17, 15) is 48.3 Å². The van der Waals surface area contributed by atoms with Crippen LogP contribution in [0.25, 0.3) is 11.0 Å². The zero-order valence-corrected chi connectivity index (χ0v) is 39.2. The lowest BCUT2D eigenvalue weighted by atomic mass is 9.78. The number of carbonyl (C=O) groups excluding carboxylic acids is 7. The number of nitrogens with two attached hydrogens (primary N) is 1. The minimum absolute atomic E-state index is 0.0908. The second-order valence-corrected chi connectivity index (χ2v) is 19.2. The Morgan fingerprint density at radius 2 is 1.47 bits per heavy atom. The first kappa shape index (κ1) is 49.1. The van der Waals surface area contributed by atoms with Crippen molar-refractivity contribution < 1.29 is 43.5 Å². The highest BCUT2D eigenvalue weighted by molar-refractivity contribution is 6.00. The minimum Gasteiger partial charge on any atom is -0.465 e. The summed E-state index contributed by atoms with van der Waals surface area (Å²) in [6.45, 7) is 0.0339. The smallest absolute Gasteiger partial charge is 0.405 e. The van der Waals surface area contributed by atoms with Crippen molar-refractivity contribution >= 4 is 58.5 Å². The van der Waals surface area contributed by atoms with Gasteiger partial charge in [0.2, 0.25) is 41.4 Å². The molecule has 0 spiro atoms. The molecule has 8 rings (SSSR count). The molecule has 3 aliphatic heterocycles. The highest BCUT2D eigenvalue weighted by Crippen LogP contribution is 2.35. The number of imidazole rings is 1. The molecule has 0 bridgehead atoms. The average molecular weight is 960 g/mol. The van der Waals surface area contributed by atoms with E-state index in [1.807, 2.05) is 78.9 Å². The number of hydrogen-bond donors (Lipinski definition) is 6. The van der Waals surface area contributed by atoms with Crippen molar-refractivity contribution in [3.05, 3.63) is 106 Å². The Labute approximate surface area is 404 Å². The number of aromatic nitrogens is 2. The number of carbonyl (C=O) groups is 8. The summed E-state index contributed by atoms with van der Waals surface area (Å²) < 4.78 is 3.00. The van der Waals surface area contributed by atoms with E-state index < -0.39 is 71.9 Å². The predicted molar refractivity (Wildman–Crippen MR) is 255 cm³/mol. The summed E-state index contributed by atoms with van der Waals surface area (Å²) in [4.78, 5) is 121. The number of hydrogen-bond acceptors (Lipinski definition) is 9. The van der Waals surface area contributed by atoms with Crippen LogP contribution in [-0.2, 0) is 47.0 Å². The van der Waals surface area contributed by atoms with Crippen LogP contribution < -0.4 is 32.7 Å². The van der Waals surface area contributed by atoms with Crippen LogP contribution in [0.3, 0.4) is 0 Å². The Morgan fingerprint density at radius 3 is 2.11 bits per heavy atom. The van der Waals surface area contributed by atoms with Crippen LogP contribution in [0.2, 0.25) is 0 Å². The molecule has 7 N–H and O–H groups in total. The Hall–Kier alpha value is -7.31. The number of carboxylic acid groups (broad SMARTS) is 1. The topological polar surface area (TPSA) is 264 Å². The Bertz CT molecular complexity index is 2660. The van der Waals surface area contributed by atoms with Crippen molar-refractivity contribution in [2.75, 3.05) is 13.1 Å². The van der Waals surface area contributed by atoms with E-state index in [0.29, 0.717) is 29.8 Å². The molecule has 70 heavy (non-hydrogen) atoms. The van der Waals surface area contributed by atoms with Gasteiger partial charge in [-0.1, -0.05) is 66.7 Å². The van der Waals surface area contributed by atoms with Gasteiger partial charge in [0.05, 0.1) is 23.6 Å². The molecule has 370 valence electrons. The van der Waals surface area contributed by atoms with Gasteiger partial charge in [0, 0.05) is 38.9 Å². The summed E-state index contributed by atoms with van der Waals surface area (Å²) in [6, 6.07) is 19.0. The minimum atomic E-state index is -1.45. The fourth-order valence-corrected chi connectivity index (χ4v) is 10.9. The third-order valence-electron chi connectivity index (χ3n) is 14.6. The molecule has 4 aromatic rings. The molecule has 5 atom stereocenters. The van der Waals surface area contributed by atoms with Crippen molar-refractivity contribution in [1.82, 2.24) is 40.2 Å². The zero-order valence-electron chi connectivity index (χ0n) is 39.2. The standard InChI is InChI=1S/C51H61N9O10/c1-57-41-27-32(16-19-38(41)60(51(57)70)40-21-23-43(62)55-48(40)66)26-30-12-14-31(15-13-30)28-44(63)58-25-24-35-17-20-39(59(35)49(67)37(29-58)54-50(68)69)47(65)53-36(18-22-42(52)61)46(64)56-45(33-8-4-2-5-9-33)34-10-6-3-7-11-34/h2-11,16,19,27,30-31,35-37,39-40,45,54H,12-15,17-18,20-26,28-29H2,1H3,(H2,52,61)(H,53,65)(H,56,64)(H,68,69)(H,55,62,66)/t30?,31?,35-,36+,37+,39+,40?/m1/s1. The predicted octanol–water partition coefficient (Wildman–Crippen LogP) is 2.94. The molecule has 19 nitrogen and oxygen atoms in total. The fourth-order valence-electron chi connectivity index (χ4n) is 10.9. The van der Waals surface area contributed by atoms with Crippen LogP contribution in [0.15, 0.2) is 83.7 Å². The molecule has 3 saturated heterocycles. The lowest BCUT2D eigenvalue weighted by Crippen LogP contribution is -2.62. The number of benzene rings is 3. The van der Waals surface area contributed by atoms with Gasteiger partial charge in [-0.2, -0.15) is 0 Å². The van der Waals surface area contributed by atoms with Gasteiger partial charge >= 0.3 is 11.8 Å². The maximum atomic E-state index is 14.4. The lowest BCUT2D eigenvalue weighted by molar-refractivity contribution is -0.146. The van der Waals surface area contributed by atoms with Gasteiger partial charge in [0.25, 0.3) is 0 Å². The van der Waals surface area contributed by atoms with Crippen LogP contribution in [-0.4, -0.2) is 109 Å². The molecular weight excluding hydrogens is 899 g/mol. The molecule has 0 radical (unpaired) electrons. The highest BCUT2D eigenvalue weighted by atomic mass is 16.4. The molecule has 3 aromatic carbocycles. The maximum Gasteiger partial charge on any atom is 0.405 e. The van der Waals surface area contributed by atoms with Gasteiger partial charge in [-0.05, 0) is 105 Å². The number of primary amides is 1. The van der Waals surface area contributed by atoms with Gasteiger partial charge in [0.15, 0.2) is 0 Å². The highest BCUT2D eigenvalue weighted by Gasteiger charge is 2.46. The summed E-state index contributed by atoms with van der Waals surface area (Å²) in [6.07, 6.45) is 4.05. The first-order chi connectivity index (χ1) is 33.6. The Balaban J connectivity index is 0.884. The third-order valence-corrected chi connectivity index (χ3v) is 14.6. The number of aryl methyl sites for hydroxylation is 1. The van der Waals surface area contributed by atoms with E-state index >= 15 is 0 Å². The molecule has 19 heteroatoms. The number of imide groups is 1. The van der Waals surface area contributed by atoms with E-state index in [1.165, 1.54) is 14.0 Å². The number of nitrogens with zero attached hydrogens (tertiary/aromatic N) is 4. The van der Waals surface area contributed by atoms with Crippen LogP contribution in [0.5, 0.6) is 0 Å². The van der Waals surface area contributed by atoms with E-state index in [0.717, 1.165) is 48.8 Å². The van der Waals surface area contributed by atoms with E-state index in [1.54, 1.807) is 11.9 Å². The number of nitrogens with one attached hydrogen (secondary N) is 4. The molecular formula is C51H61N9O10. The van der Waals surface area contributed by atoms with Crippen LogP contribution >= 0.6 is 0 Å². The van der Waals surface area contributed by atoms with Crippen molar-refractivity contribution in [1.29, 1.82) is 0 Å². The number of amides is 8.